The number of rotatable bonds is 1. The van der Waals surface area contributed by atoms with Gasteiger partial charge in [0.05, 0.1) is 0 Å². The van der Waals surface area contributed by atoms with Crippen LogP contribution in [-0.2, 0) is 4.79 Å². The lowest BCUT2D eigenvalue weighted by Gasteiger charge is -2.42. The Bertz CT molecular complexity index is 394. The molecule has 0 aromatic heterocycles. The first-order chi connectivity index (χ1) is 7.88. The summed E-state index contributed by atoms with van der Waals surface area (Å²) in [5.74, 6) is 0.449. The molecule has 0 aromatic rings. The van der Waals surface area contributed by atoms with Crippen LogP contribution < -0.4 is 0 Å². The fourth-order valence-corrected chi connectivity index (χ4v) is 3.62. The van der Waals surface area contributed by atoms with Crippen molar-refractivity contribution in [3.05, 3.63) is 23.8 Å². The minimum absolute atomic E-state index is 0.0247. The van der Waals surface area contributed by atoms with Crippen LogP contribution in [0.15, 0.2) is 23.8 Å². The molecule has 0 aliphatic heterocycles. The van der Waals surface area contributed by atoms with Gasteiger partial charge in [-0.3, -0.25) is 4.79 Å². The fourth-order valence-electron chi connectivity index (χ4n) is 3.62. The van der Waals surface area contributed by atoms with Crippen LogP contribution in [0.5, 0.6) is 0 Å². The largest absolute Gasteiger partial charge is 0.385 e. The summed E-state index contributed by atoms with van der Waals surface area (Å²) >= 11 is 0. The molecule has 0 bridgehead atoms. The van der Waals surface area contributed by atoms with Gasteiger partial charge in [0.25, 0.3) is 0 Å². The van der Waals surface area contributed by atoms with Gasteiger partial charge >= 0.3 is 0 Å². The van der Waals surface area contributed by atoms with Crippen LogP contribution in [0.25, 0.3) is 0 Å². The molecule has 2 heteroatoms. The van der Waals surface area contributed by atoms with E-state index in [2.05, 4.69) is 13.5 Å². The average Bonchev–Trinajstić information content (AvgIpc) is 2.71. The van der Waals surface area contributed by atoms with E-state index in [1.807, 2.05) is 13.8 Å². The average molecular weight is 234 g/mol. The fraction of sp³-hybridized carbons (Fsp3) is 0.667. The standard InChI is InChI=1S/C15H22O2/c1-9(2)12-5-6-15(8-12)10(3)7-13(16)14(17)11(15)4/h7,11-12,14,17H,1,5-6,8H2,2-4H3/t11-,12-,14+,15-/m0/s1. The second kappa shape index (κ2) is 4.09. The number of carbonyl (C=O) groups is 1. The van der Waals surface area contributed by atoms with Crippen molar-refractivity contribution in [3.63, 3.8) is 0 Å². The molecule has 0 amide bonds. The van der Waals surface area contributed by atoms with E-state index in [-0.39, 0.29) is 17.1 Å². The van der Waals surface area contributed by atoms with Crippen LogP contribution in [0.4, 0.5) is 0 Å². The minimum Gasteiger partial charge on any atom is -0.385 e. The van der Waals surface area contributed by atoms with Crippen molar-refractivity contribution >= 4 is 5.78 Å². The van der Waals surface area contributed by atoms with Crippen molar-refractivity contribution in [2.75, 3.05) is 0 Å². The van der Waals surface area contributed by atoms with E-state index in [1.165, 1.54) is 5.57 Å². The summed E-state index contributed by atoms with van der Waals surface area (Å²) in [5, 5.41) is 10.00. The molecule has 94 valence electrons. The second-order valence-electron chi connectivity index (χ2n) is 5.91. The Kier molecular flexibility index (Phi) is 3.03. The monoisotopic (exact) mass is 234 g/mol. The van der Waals surface area contributed by atoms with E-state index in [9.17, 15) is 9.90 Å². The molecule has 0 aromatic carbocycles. The number of carbonyl (C=O) groups excluding carboxylic acids is 1. The van der Waals surface area contributed by atoms with Crippen LogP contribution in [0, 0.1) is 17.3 Å². The normalized spacial score (nSPS) is 41.8. The zero-order valence-corrected chi connectivity index (χ0v) is 11.0. The van der Waals surface area contributed by atoms with E-state index in [1.54, 1.807) is 6.08 Å². The first kappa shape index (κ1) is 12.6. The molecule has 0 radical (unpaired) electrons. The lowest BCUT2D eigenvalue weighted by molar-refractivity contribution is -0.128. The highest BCUT2D eigenvalue weighted by Gasteiger charge is 2.50. The molecule has 2 rings (SSSR count). The molecular weight excluding hydrogens is 212 g/mol. The smallest absolute Gasteiger partial charge is 0.184 e. The van der Waals surface area contributed by atoms with E-state index in [0.29, 0.717) is 5.92 Å². The first-order valence-corrected chi connectivity index (χ1v) is 6.44. The Hall–Kier alpha value is -0.890. The first-order valence-electron chi connectivity index (χ1n) is 6.44. The maximum absolute atomic E-state index is 11.6. The highest BCUT2D eigenvalue weighted by molar-refractivity contribution is 5.95. The summed E-state index contributed by atoms with van der Waals surface area (Å²) in [6.07, 6.45) is 4.08. The molecule has 1 saturated carbocycles. The Morgan fingerprint density at radius 1 is 1.59 bits per heavy atom. The summed E-state index contributed by atoms with van der Waals surface area (Å²) in [4.78, 5) is 11.6. The third-order valence-corrected chi connectivity index (χ3v) is 5.03. The van der Waals surface area contributed by atoms with Crippen molar-refractivity contribution < 1.29 is 9.90 Å². The van der Waals surface area contributed by atoms with Crippen molar-refractivity contribution in [3.8, 4) is 0 Å². The van der Waals surface area contributed by atoms with Gasteiger partial charge in [0.1, 0.15) is 6.10 Å². The number of hydrogen-bond acceptors (Lipinski definition) is 2. The van der Waals surface area contributed by atoms with Gasteiger partial charge in [-0.1, -0.05) is 24.6 Å². The maximum Gasteiger partial charge on any atom is 0.184 e. The van der Waals surface area contributed by atoms with Gasteiger partial charge in [0.2, 0.25) is 0 Å². The molecule has 0 unspecified atom stereocenters. The summed E-state index contributed by atoms with van der Waals surface area (Å²) < 4.78 is 0. The Labute approximate surface area is 103 Å². The third-order valence-electron chi connectivity index (χ3n) is 5.03. The number of aliphatic hydroxyl groups excluding tert-OH is 1. The van der Waals surface area contributed by atoms with Gasteiger partial charge in [-0.15, -0.1) is 0 Å². The molecule has 1 spiro atoms. The van der Waals surface area contributed by atoms with Crippen LogP contribution in [0.3, 0.4) is 0 Å². The van der Waals surface area contributed by atoms with Gasteiger partial charge in [0, 0.05) is 0 Å². The van der Waals surface area contributed by atoms with Gasteiger partial charge in [-0.2, -0.15) is 0 Å². The molecule has 1 N–H and O–H groups in total. The maximum atomic E-state index is 11.6. The molecule has 17 heavy (non-hydrogen) atoms. The Morgan fingerprint density at radius 3 is 2.76 bits per heavy atom. The SMILES string of the molecule is C=C(C)[C@H]1CC[C@]2(C1)C(C)=CC(=O)[C@H](O)[C@@H]2C. The zero-order valence-electron chi connectivity index (χ0n) is 11.0. The van der Waals surface area contributed by atoms with Gasteiger partial charge in [-0.05, 0) is 56.4 Å². The molecule has 2 aliphatic rings. The highest BCUT2D eigenvalue weighted by atomic mass is 16.3. The third kappa shape index (κ3) is 1.79. The summed E-state index contributed by atoms with van der Waals surface area (Å²) in [7, 11) is 0. The minimum atomic E-state index is -0.817. The number of aliphatic hydroxyl groups is 1. The molecule has 1 fully saturated rings. The van der Waals surface area contributed by atoms with Crippen molar-refractivity contribution in [1.82, 2.24) is 0 Å². The summed E-state index contributed by atoms with van der Waals surface area (Å²) in [6, 6.07) is 0. The summed E-state index contributed by atoms with van der Waals surface area (Å²) in [6.45, 7) is 10.2. The van der Waals surface area contributed by atoms with E-state index in [4.69, 9.17) is 0 Å². The number of ketones is 1. The topological polar surface area (TPSA) is 37.3 Å². The molecule has 0 saturated heterocycles. The molecule has 2 aliphatic carbocycles. The number of allylic oxidation sites excluding steroid dienone is 2. The predicted octanol–water partition coefficient (Wildman–Crippen LogP) is 2.88. The van der Waals surface area contributed by atoms with Gasteiger partial charge < -0.3 is 5.11 Å². The van der Waals surface area contributed by atoms with Crippen molar-refractivity contribution in [2.24, 2.45) is 17.3 Å². The molecule has 4 atom stereocenters. The lowest BCUT2D eigenvalue weighted by Crippen LogP contribution is -2.43. The van der Waals surface area contributed by atoms with Crippen LogP contribution >= 0.6 is 0 Å². The van der Waals surface area contributed by atoms with E-state index < -0.39 is 6.10 Å². The van der Waals surface area contributed by atoms with Crippen LogP contribution in [-0.4, -0.2) is 17.0 Å². The quantitative estimate of drug-likeness (QED) is 0.708. The number of hydrogen-bond donors (Lipinski definition) is 1. The zero-order chi connectivity index (χ0) is 12.8. The highest BCUT2D eigenvalue weighted by Crippen LogP contribution is 2.55. The van der Waals surface area contributed by atoms with E-state index in [0.717, 1.165) is 24.8 Å². The second-order valence-corrected chi connectivity index (χ2v) is 5.91. The van der Waals surface area contributed by atoms with Gasteiger partial charge in [0.15, 0.2) is 5.78 Å². The Morgan fingerprint density at radius 2 is 2.24 bits per heavy atom. The summed E-state index contributed by atoms with van der Waals surface area (Å²) in [5.41, 5.74) is 2.41. The van der Waals surface area contributed by atoms with Crippen molar-refractivity contribution in [2.45, 2.75) is 46.1 Å². The van der Waals surface area contributed by atoms with Crippen molar-refractivity contribution in [1.29, 1.82) is 0 Å². The molecular formula is C15H22O2. The molecule has 2 nitrogen and oxygen atoms in total. The predicted molar refractivity (Wildman–Crippen MR) is 68.5 cm³/mol. The van der Waals surface area contributed by atoms with Crippen LogP contribution in [0.1, 0.15) is 40.0 Å². The van der Waals surface area contributed by atoms with Gasteiger partial charge in [-0.25, -0.2) is 0 Å². The molecule has 0 heterocycles. The lowest BCUT2D eigenvalue weighted by atomic mass is 9.63. The van der Waals surface area contributed by atoms with Crippen LogP contribution in [0.2, 0.25) is 0 Å². The Balaban J connectivity index is 2.34. The van der Waals surface area contributed by atoms with E-state index >= 15 is 0 Å².